The minimum atomic E-state index is -0.856. The average molecular weight is 630 g/mol. The summed E-state index contributed by atoms with van der Waals surface area (Å²) in [6.45, 7) is 8.68. The quantitative estimate of drug-likeness (QED) is 0.143. The van der Waals surface area contributed by atoms with Gasteiger partial charge in [-0.25, -0.2) is 4.79 Å². The first-order chi connectivity index (χ1) is 21.9. The second kappa shape index (κ2) is 17.9. The number of hydrogen-bond acceptors (Lipinski definition) is 7. The summed E-state index contributed by atoms with van der Waals surface area (Å²) < 4.78 is 16.2. The van der Waals surface area contributed by atoms with E-state index in [4.69, 9.17) is 14.2 Å². The smallest absolute Gasteiger partial charge is 0.328 e. The predicted octanol–water partition coefficient (Wildman–Crippen LogP) is 6.46. The van der Waals surface area contributed by atoms with Crippen LogP contribution in [0.25, 0.3) is 0 Å². The molecule has 8 heteroatoms. The molecule has 0 bridgehead atoms. The molecule has 0 aliphatic carbocycles. The molecule has 0 aliphatic heterocycles. The van der Waals surface area contributed by atoms with E-state index in [9.17, 15) is 19.2 Å². The first-order valence-corrected chi connectivity index (χ1v) is 15.8. The van der Waals surface area contributed by atoms with Crippen LogP contribution in [0.15, 0.2) is 91.0 Å². The van der Waals surface area contributed by atoms with Crippen molar-refractivity contribution in [3.05, 3.63) is 108 Å². The number of amides is 1. The molecule has 1 N–H and O–H groups in total. The minimum Gasteiger partial charge on any atom is -0.459 e. The molecule has 3 aromatic rings. The summed E-state index contributed by atoms with van der Waals surface area (Å²) in [4.78, 5) is 52.9. The van der Waals surface area contributed by atoms with Crippen molar-refractivity contribution >= 4 is 23.8 Å². The number of hydrogen-bond donors (Lipinski definition) is 1. The van der Waals surface area contributed by atoms with Gasteiger partial charge in [-0.1, -0.05) is 105 Å². The Labute approximate surface area is 272 Å². The molecule has 3 rings (SSSR count). The molecule has 0 unspecified atom stereocenters. The van der Waals surface area contributed by atoms with E-state index in [1.165, 1.54) is 0 Å². The van der Waals surface area contributed by atoms with Gasteiger partial charge >= 0.3 is 17.9 Å². The van der Waals surface area contributed by atoms with Crippen LogP contribution < -0.4 is 5.32 Å². The van der Waals surface area contributed by atoms with Crippen LogP contribution in [-0.2, 0) is 52.8 Å². The SMILES string of the molecule is CC(C)C[C@H](NC(=O)[C@@H](Cc1ccccc1)C[C@H](Cc1ccccc1)C(=O)OCOC(=O)C(C)(C)C)C(=O)OCc1ccccc1. The molecule has 0 spiro atoms. The molecule has 0 heterocycles. The van der Waals surface area contributed by atoms with Crippen molar-refractivity contribution in [3.63, 3.8) is 0 Å². The molecule has 8 nitrogen and oxygen atoms in total. The van der Waals surface area contributed by atoms with Crippen molar-refractivity contribution in [2.24, 2.45) is 23.2 Å². The summed E-state index contributed by atoms with van der Waals surface area (Å²) in [5.41, 5.74) is 1.92. The third kappa shape index (κ3) is 12.5. The Morgan fingerprint density at radius 3 is 1.63 bits per heavy atom. The number of ether oxygens (including phenoxy) is 3. The maximum absolute atomic E-state index is 14.0. The minimum absolute atomic E-state index is 0.0996. The number of carbonyl (C=O) groups excluding carboxylic acids is 4. The fraction of sp³-hybridized carbons (Fsp3) is 0.421. The molecule has 3 aromatic carbocycles. The van der Waals surface area contributed by atoms with Crippen LogP contribution in [0.5, 0.6) is 0 Å². The van der Waals surface area contributed by atoms with Gasteiger partial charge in [0.15, 0.2) is 0 Å². The monoisotopic (exact) mass is 629 g/mol. The maximum Gasteiger partial charge on any atom is 0.328 e. The summed E-state index contributed by atoms with van der Waals surface area (Å²) in [6.07, 6.45) is 1.21. The molecule has 1 amide bonds. The Kier molecular flexibility index (Phi) is 14.0. The third-order valence-electron chi connectivity index (χ3n) is 7.46. The van der Waals surface area contributed by atoms with E-state index in [2.05, 4.69) is 5.32 Å². The molecule has 3 atom stereocenters. The van der Waals surface area contributed by atoms with Gasteiger partial charge in [-0.15, -0.1) is 0 Å². The predicted molar refractivity (Wildman–Crippen MR) is 176 cm³/mol. The number of carbonyl (C=O) groups is 4. The van der Waals surface area contributed by atoms with Crippen molar-refractivity contribution < 1.29 is 33.4 Å². The van der Waals surface area contributed by atoms with Gasteiger partial charge in [0.25, 0.3) is 0 Å². The lowest BCUT2D eigenvalue weighted by Gasteiger charge is -2.26. The lowest BCUT2D eigenvalue weighted by atomic mass is 9.85. The lowest BCUT2D eigenvalue weighted by Crippen LogP contribution is -2.46. The largest absolute Gasteiger partial charge is 0.459 e. The van der Waals surface area contributed by atoms with E-state index in [1.807, 2.05) is 105 Å². The highest BCUT2D eigenvalue weighted by Crippen LogP contribution is 2.24. The van der Waals surface area contributed by atoms with Crippen LogP contribution >= 0.6 is 0 Å². The van der Waals surface area contributed by atoms with Crippen molar-refractivity contribution in [2.45, 2.75) is 73.0 Å². The Morgan fingerprint density at radius 2 is 1.13 bits per heavy atom. The first-order valence-electron chi connectivity index (χ1n) is 15.8. The van der Waals surface area contributed by atoms with Crippen LogP contribution in [0.3, 0.4) is 0 Å². The van der Waals surface area contributed by atoms with Crippen molar-refractivity contribution in [1.29, 1.82) is 0 Å². The Bertz CT molecular complexity index is 1380. The molecule has 246 valence electrons. The highest BCUT2D eigenvalue weighted by atomic mass is 16.7. The van der Waals surface area contributed by atoms with Gasteiger partial charge in [0, 0.05) is 5.92 Å². The lowest BCUT2D eigenvalue weighted by molar-refractivity contribution is -0.175. The van der Waals surface area contributed by atoms with E-state index in [0.717, 1.165) is 16.7 Å². The summed E-state index contributed by atoms with van der Waals surface area (Å²) >= 11 is 0. The van der Waals surface area contributed by atoms with Crippen molar-refractivity contribution in [3.8, 4) is 0 Å². The highest BCUT2D eigenvalue weighted by Gasteiger charge is 2.33. The summed E-state index contributed by atoms with van der Waals surface area (Å²) in [6, 6.07) is 27.5. The Hall–Kier alpha value is -4.46. The van der Waals surface area contributed by atoms with E-state index >= 15 is 0 Å². The van der Waals surface area contributed by atoms with Gasteiger partial charge in [0.1, 0.15) is 12.6 Å². The van der Waals surface area contributed by atoms with Crippen molar-refractivity contribution in [2.75, 3.05) is 6.79 Å². The number of rotatable bonds is 16. The molecule has 0 radical (unpaired) electrons. The van der Waals surface area contributed by atoms with Crippen LogP contribution in [-0.4, -0.2) is 36.6 Å². The maximum atomic E-state index is 14.0. The van der Waals surface area contributed by atoms with E-state index < -0.39 is 48.0 Å². The molecule has 46 heavy (non-hydrogen) atoms. The zero-order chi connectivity index (χ0) is 33.5. The summed E-state index contributed by atoms with van der Waals surface area (Å²) in [5, 5.41) is 2.95. The third-order valence-corrected chi connectivity index (χ3v) is 7.46. The van der Waals surface area contributed by atoms with Crippen LogP contribution in [0.1, 0.15) is 64.2 Å². The van der Waals surface area contributed by atoms with E-state index in [1.54, 1.807) is 20.8 Å². The van der Waals surface area contributed by atoms with E-state index in [-0.39, 0.29) is 24.9 Å². The Balaban J connectivity index is 1.82. The Morgan fingerprint density at radius 1 is 0.630 bits per heavy atom. The van der Waals surface area contributed by atoms with Crippen molar-refractivity contribution in [1.82, 2.24) is 5.32 Å². The van der Waals surface area contributed by atoms with Gasteiger partial charge in [0.2, 0.25) is 12.7 Å². The number of esters is 3. The number of benzene rings is 3. The van der Waals surface area contributed by atoms with Gasteiger partial charge < -0.3 is 19.5 Å². The van der Waals surface area contributed by atoms with Crippen LogP contribution in [0.4, 0.5) is 0 Å². The highest BCUT2D eigenvalue weighted by molar-refractivity contribution is 5.86. The molecular weight excluding hydrogens is 582 g/mol. The standard InChI is InChI=1S/C38H47NO7/c1-27(2)21-33(36(42)44-25-30-19-13-8-14-20-30)39-34(40)31(22-28-15-9-6-10-16-28)24-32(23-29-17-11-7-12-18-29)35(41)45-26-46-37(43)38(3,4)5/h6-20,27,31-33H,21-26H2,1-5H3,(H,39,40)/t31-,32-,33-/m0/s1. The first kappa shape index (κ1) is 36.0. The van der Waals surface area contributed by atoms with Gasteiger partial charge in [0.05, 0.1) is 11.3 Å². The topological polar surface area (TPSA) is 108 Å². The summed E-state index contributed by atoms with van der Waals surface area (Å²) in [7, 11) is 0. The van der Waals surface area contributed by atoms with Gasteiger partial charge in [-0.3, -0.25) is 14.4 Å². The molecular formula is C38H47NO7. The normalized spacial score (nSPS) is 13.3. The average Bonchev–Trinajstić information content (AvgIpc) is 3.03. The second-order valence-corrected chi connectivity index (χ2v) is 13.1. The van der Waals surface area contributed by atoms with E-state index in [0.29, 0.717) is 19.3 Å². The molecule has 0 saturated heterocycles. The van der Waals surface area contributed by atoms with Gasteiger partial charge in [-0.2, -0.15) is 0 Å². The van der Waals surface area contributed by atoms with Crippen LogP contribution in [0.2, 0.25) is 0 Å². The fourth-order valence-electron chi connectivity index (χ4n) is 4.97. The zero-order valence-corrected chi connectivity index (χ0v) is 27.6. The van der Waals surface area contributed by atoms with Gasteiger partial charge in [-0.05, 0) is 69.1 Å². The summed E-state index contributed by atoms with van der Waals surface area (Å²) in [5.74, 6) is -3.20. The molecule has 0 aromatic heterocycles. The second-order valence-electron chi connectivity index (χ2n) is 13.1. The van der Waals surface area contributed by atoms with Crippen LogP contribution in [0, 0.1) is 23.2 Å². The zero-order valence-electron chi connectivity index (χ0n) is 27.6. The number of nitrogens with one attached hydrogen (secondary N) is 1. The fourth-order valence-corrected chi connectivity index (χ4v) is 4.97. The molecule has 0 saturated carbocycles. The molecule has 0 fully saturated rings. The molecule has 0 aliphatic rings.